The van der Waals surface area contributed by atoms with Gasteiger partial charge in [-0.3, -0.25) is 9.69 Å². The predicted molar refractivity (Wildman–Crippen MR) is 129 cm³/mol. The van der Waals surface area contributed by atoms with Crippen molar-refractivity contribution in [3.63, 3.8) is 0 Å². The highest BCUT2D eigenvalue weighted by molar-refractivity contribution is 8.00. The minimum absolute atomic E-state index is 0. The van der Waals surface area contributed by atoms with Crippen LogP contribution in [0.5, 0.6) is 0 Å². The Balaban J connectivity index is 0.00000320. The Labute approximate surface area is 195 Å². The Morgan fingerprint density at radius 1 is 1.20 bits per heavy atom. The van der Waals surface area contributed by atoms with Gasteiger partial charge in [0, 0.05) is 16.5 Å². The number of thiazole rings is 1. The SMILES string of the molecule is Cc1cc(Cl)cc2sc(N(CCCN(C)C)C(=O)CSc3ccc(F)cc3)nc12.Cl. The van der Waals surface area contributed by atoms with Crippen molar-refractivity contribution in [3.8, 4) is 0 Å². The van der Waals surface area contributed by atoms with Gasteiger partial charge in [0.15, 0.2) is 5.13 Å². The number of carbonyl (C=O) groups is 1. The monoisotopic (exact) mass is 487 g/mol. The fourth-order valence-electron chi connectivity index (χ4n) is 2.88. The van der Waals surface area contributed by atoms with Gasteiger partial charge in [-0.05, 0) is 75.9 Å². The van der Waals surface area contributed by atoms with E-state index in [9.17, 15) is 9.18 Å². The highest BCUT2D eigenvalue weighted by atomic mass is 35.5. The van der Waals surface area contributed by atoms with Crippen molar-refractivity contribution in [3.05, 3.63) is 52.8 Å². The lowest BCUT2D eigenvalue weighted by atomic mass is 10.2. The molecular formula is C21H24Cl2FN3OS2. The lowest BCUT2D eigenvalue weighted by molar-refractivity contribution is -0.116. The van der Waals surface area contributed by atoms with Crippen LogP contribution in [0, 0.1) is 12.7 Å². The van der Waals surface area contributed by atoms with E-state index in [1.54, 1.807) is 17.0 Å². The highest BCUT2D eigenvalue weighted by Crippen LogP contribution is 2.33. The van der Waals surface area contributed by atoms with Gasteiger partial charge in [0.25, 0.3) is 0 Å². The number of fused-ring (bicyclic) bond motifs is 1. The molecule has 0 N–H and O–H groups in total. The van der Waals surface area contributed by atoms with Crippen molar-refractivity contribution < 1.29 is 9.18 Å². The van der Waals surface area contributed by atoms with Crippen LogP contribution in [0.2, 0.25) is 5.02 Å². The zero-order chi connectivity index (χ0) is 21.0. The molecule has 3 aromatic rings. The molecule has 162 valence electrons. The predicted octanol–water partition coefficient (Wildman–Crippen LogP) is 5.90. The molecule has 0 aliphatic carbocycles. The molecule has 0 fully saturated rings. The van der Waals surface area contributed by atoms with Crippen LogP contribution in [0.3, 0.4) is 0 Å². The molecule has 1 heterocycles. The van der Waals surface area contributed by atoms with Gasteiger partial charge in [-0.1, -0.05) is 22.9 Å². The molecule has 30 heavy (non-hydrogen) atoms. The number of halogens is 3. The van der Waals surface area contributed by atoms with Gasteiger partial charge in [-0.2, -0.15) is 0 Å². The Bertz CT molecular complexity index is 996. The van der Waals surface area contributed by atoms with E-state index < -0.39 is 0 Å². The minimum atomic E-state index is -0.283. The summed E-state index contributed by atoms with van der Waals surface area (Å²) in [6.45, 7) is 3.44. The number of carbonyl (C=O) groups excluding carboxylic acids is 1. The van der Waals surface area contributed by atoms with Gasteiger partial charge in [-0.15, -0.1) is 24.2 Å². The summed E-state index contributed by atoms with van der Waals surface area (Å²) in [4.78, 5) is 22.5. The lowest BCUT2D eigenvalue weighted by Crippen LogP contribution is -2.34. The summed E-state index contributed by atoms with van der Waals surface area (Å²) in [6.07, 6.45) is 0.843. The third-order valence-corrected chi connectivity index (χ3v) is 6.57. The summed E-state index contributed by atoms with van der Waals surface area (Å²) in [5.41, 5.74) is 1.88. The van der Waals surface area contributed by atoms with E-state index in [0.717, 1.165) is 33.6 Å². The summed E-state index contributed by atoms with van der Waals surface area (Å²) in [7, 11) is 4.03. The molecule has 0 bridgehead atoms. The molecule has 2 aromatic carbocycles. The number of hydrogen-bond donors (Lipinski definition) is 0. The molecule has 3 rings (SSSR count). The van der Waals surface area contributed by atoms with Gasteiger partial charge in [0.2, 0.25) is 5.91 Å². The van der Waals surface area contributed by atoms with Gasteiger partial charge < -0.3 is 4.90 Å². The summed E-state index contributed by atoms with van der Waals surface area (Å²) < 4.78 is 14.1. The smallest absolute Gasteiger partial charge is 0.239 e. The minimum Gasteiger partial charge on any atom is -0.309 e. The Kier molecular flexibility index (Phi) is 9.37. The number of aryl methyl sites for hydroxylation is 1. The van der Waals surface area contributed by atoms with Crippen LogP contribution < -0.4 is 4.90 Å². The highest BCUT2D eigenvalue weighted by Gasteiger charge is 2.20. The molecule has 0 saturated carbocycles. The number of thioether (sulfide) groups is 1. The molecule has 1 amide bonds. The molecule has 1 aromatic heterocycles. The van der Waals surface area contributed by atoms with Crippen LogP contribution in [0.15, 0.2) is 41.3 Å². The quantitative estimate of drug-likeness (QED) is 0.370. The lowest BCUT2D eigenvalue weighted by Gasteiger charge is -2.21. The number of anilines is 1. The summed E-state index contributed by atoms with van der Waals surface area (Å²) in [6, 6.07) is 9.96. The second-order valence-corrected chi connectivity index (χ2v) is 9.50. The van der Waals surface area contributed by atoms with Crippen LogP contribution in [0.25, 0.3) is 10.2 Å². The Morgan fingerprint density at radius 2 is 1.90 bits per heavy atom. The molecule has 0 unspecified atom stereocenters. The molecule has 0 aliphatic heterocycles. The van der Waals surface area contributed by atoms with E-state index in [0.29, 0.717) is 16.7 Å². The second kappa shape index (κ2) is 11.3. The normalized spacial score (nSPS) is 11.0. The average Bonchev–Trinajstić information content (AvgIpc) is 3.08. The maximum Gasteiger partial charge on any atom is 0.239 e. The van der Waals surface area contributed by atoms with E-state index >= 15 is 0 Å². The number of amides is 1. The standard InChI is InChI=1S/C21H23ClFN3OS2.ClH/c1-14-11-15(22)12-18-20(14)24-21(29-18)26(10-4-9-25(2)3)19(27)13-28-17-7-5-16(23)6-8-17;/h5-8,11-12H,4,9-10,13H2,1-3H3;1H. The molecule has 0 radical (unpaired) electrons. The van der Waals surface area contributed by atoms with Gasteiger partial charge >= 0.3 is 0 Å². The molecule has 9 heteroatoms. The first kappa shape index (κ1) is 24.9. The van der Waals surface area contributed by atoms with Crippen LogP contribution in [-0.2, 0) is 4.79 Å². The van der Waals surface area contributed by atoms with Crippen molar-refractivity contribution in [2.75, 3.05) is 37.8 Å². The maximum atomic E-state index is 13.1. The molecule has 0 aliphatic rings. The zero-order valence-corrected chi connectivity index (χ0v) is 20.2. The molecule has 4 nitrogen and oxygen atoms in total. The van der Waals surface area contributed by atoms with Gasteiger partial charge in [-0.25, -0.2) is 9.37 Å². The largest absolute Gasteiger partial charge is 0.309 e. The topological polar surface area (TPSA) is 36.4 Å². The van der Waals surface area contributed by atoms with E-state index in [-0.39, 0.29) is 29.9 Å². The molecule has 0 spiro atoms. The number of rotatable bonds is 8. The van der Waals surface area contributed by atoms with Gasteiger partial charge in [0.1, 0.15) is 5.82 Å². The van der Waals surface area contributed by atoms with Crippen molar-refractivity contribution in [1.29, 1.82) is 0 Å². The molecular weight excluding hydrogens is 464 g/mol. The van der Waals surface area contributed by atoms with Crippen LogP contribution >= 0.6 is 47.1 Å². The van der Waals surface area contributed by atoms with Gasteiger partial charge in [0.05, 0.1) is 16.0 Å². The Morgan fingerprint density at radius 3 is 2.57 bits per heavy atom. The van der Waals surface area contributed by atoms with E-state index in [1.165, 1.54) is 35.2 Å². The second-order valence-electron chi connectivity index (χ2n) is 7.01. The van der Waals surface area contributed by atoms with Crippen LogP contribution in [0.4, 0.5) is 9.52 Å². The van der Waals surface area contributed by atoms with Crippen molar-refractivity contribution >= 4 is 68.4 Å². The van der Waals surface area contributed by atoms with Crippen molar-refractivity contribution in [2.24, 2.45) is 0 Å². The van der Waals surface area contributed by atoms with E-state index in [2.05, 4.69) is 4.90 Å². The first-order valence-corrected chi connectivity index (χ1v) is 11.4. The number of hydrogen-bond acceptors (Lipinski definition) is 5. The molecule has 0 saturated heterocycles. The summed E-state index contributed by atoms with van der Waals surface area (Å²) in [5.74, 6) is -0.0288. The van der Waals surface area contributed by atoms with Crippen molar-refractivity contribution in [2.45, 2.75) is 18.2 Å². The summed E-state index contributed by atoms with van der Waals surface area (Å²) in [5, 5.41) is 1.36. The fourth-order valence-corrected chi connectivity index (χ4v) is 5.12. The average molecular weight is 488 g/mol. The number of nitrogens with zero attached hydrogens (tertiary/aromatic N) is 3. The number of benzene rings is 2. The third kappa shape index (κ3) is 6.56. The van der Waals surface area contributed by atoms with Crippen LogP contribution in [0.1, 0.15) is 12.0 Å². The third-order valence-electron chi connectivity index (χ3n) is 4.33. The fraction of sp³-hybridized carbons (Fsp3) is 0.333. The van der Waals surface area contributed by atoms with Crippen LogP contribution in [-0.4, -0.2) is 48.7 Å². The van der Waals surface area contributed by atoms with E-state index in [4.69, 9.17) is 16.6 Å². The first-order valence-electron chi connectivity index (χ1n) is 9.23. The molecule has 0 atom stereocenters. The maximum absolute atomic E-state index is 13.1. The summed E-state index contributed by atoms with van der Waals surface area (Å²) >= 11 is 9.07. The number of aromatic nitrogens is 1. The Hall–Kier alpha value is -1.38. The first-order chi connectivity index (χ1) is 13.8. The zero-order valence-electron chi connectivity index (χ0n) is 17.0. The van der Waals surface area contributed by atoms with Crippen molar-refractivity contribution in [1.82, 2.24) is 9.88 Å². The van der Waals surface area contributed by atoms with E-state index in [1.807, 2.05) is 33.2 Å².